The number of aryl methyl sites for hydroxylation is 1. The third-order valence-electron chi connectivity index (χ3n) is 6.08. The van der Waals surface area contributed by atoms with Gasteiger partial charge in [-0.1, -0.05) is 36.2 Å². The molecule has 0 amide bonds. The van der Waals surface area contributed by atoms with Gasteiger partial charge in [-0.2, -0.15) is 5.10 Å². The highest BCUT2D eigenvalue weighted by Crippen LogP contribution is 2.47. The molecule has 2 atom stereocenters. The highest BCUT2D eigenvalue weighted by atomic mass is 35.5. The molecule has 4 heterocycles. The molecular formula is C21H23Cl2N3O. The van der Waals surface area contributed by atoms with Crippen molar-refractivity contribution in [1.29, 1.82) is 0 Å². The molecule has 2 aromatic heterocycles. The van der Waals surface area contributed by atoms with Gasteiger partial charge in [-0.3, -0.25) is 0 Å². The van der Waals surface area contributed by atoms with Gasteiger partial charge in [0.05, 0.1) is 21.8 Å². The maximum absolute atomic E-state index is 6.63. The van der Waals surface area contributed by atoms with E-state index >= 15 is 0 Å². The van der Waals surface area contributed by atoms with Crippen LogP contribution in [0, 0.1) is 0 Å². The number of nitrogens with zero attached hydrogens (tertiary/aromatic N) is 3. The van der Waals surface area contributed by atoms with Crippen LogP contribution in [0.5, 0.6) is 0 Å². The van der Waals surface area contributed by atoms with E-state index in [1.165, 1.54) is 23.1 Å². The first-order chi connectivity index (χ1) is 13.2. The molecule has 1 fully saturated rings. The Hall–Kier alpha value is -1.49. The Labute approximate surface area is 169 Å². The van der Waals surface area contributed by atoms with Crippen molar-refractivity contribution >= 4 is 34.1 Å². The van der Waals surface area contributed by atoms with Crippen LogP contribution in [-0.4, -0.2) is 21.0 Å². The van der Waals surface area contributed by atoms with Crippen LogP contribution in [0.15, 0.2) is 24.5 Å². The lowest BCUT2D eigenvalue weighted by molar-refractivity contribution is -0.0394. The molecule has 0 saturated carbocycles. The molecule has 0 N–H and O–H groups in total. The summed E-state index contributed by atoms with van der Waals surface area (Å²) in [5.74, 6) is 0.538. The Bertz CT molecular complexity index is 1000. The van der Waals surface area contributed by atoms with E-state index in [0.29, 0.717) is 16.0 Å². The van der Waals surface area contributed by atoms with Crippen LogP contribution >= 0.6 is 23.2 Å². The van der Waals surface area contributed by atoms with Crippen LogP contribution in [0.25, 0.3) is 22.0 Å². The number of hydrogen-bond acceptors (Lipinski definition) is 2. The van der Waals surface area contributed by atoms with Crippen LogP contribution in [-0.2, 0) is 11.3 Å². The zero-order valence-corrected chi connectivity index (χ0v) is 16.9. The largest absolute Gasteiger partial charge is 0.357 e. The lowest BCUT2D eigenvalue weighted by Crippen LogP contribution is -2.18. The average Bonchev–Trinajstić information content (AvgIpc) is 3.39. The second-order valence-corrected chi connectivity index (χ2v) is 8.38. The van der Waals surface area contributed by atoms with E-state index in [9.17, 15) is 0 Å². The van der Waals surface area contributed by atoms with Crippen molar-refractivity contribution in [2.45, 2.75) is 57.7 Å². The van der Waals surface area contributed by atoms with Gasteiger partial charge in [0.1, 0.15) is 6.23 Å². The van der Waals surface area contributed by atoms with Crippen molar-refractivity contribution in [1.82, 2.24) is 14.3 Å². The molecule has 2 unspecified atom stereocenters. The number of benzene rings is 1. The Morgan fingerprint density at radius 2 is 2.11 bits per heavy atom. The van der Waals surface area contributed by atoms with Crippen LogP contribution in [0.3, 0.4) is 0 Å². The molecule has 0 aliphatic carbocycles. The van der Waals surface area contributed by atoms with E-state index in [4.69, 9.17) is 27.9 Å². The standard InChI is InChI=1S/C21H23Cl2N3O/c1-2-13-8-9-25-20(13)18(15-6-7-16(22)19(23)21(15)25)14-11-24-26(12-14)17-5-3-4-10-27-17/h6-7,11-13,17H,2-5,8-10H2,1H3. The van der Waals surface area contributed by atoms with E-state index in [2.05, 4.69) is 28.9 Å². The molecule has 5 rings (SSSR count). The smallest absolute Gasteiger partial charge is 0.150 e. The van der Waals surface area contributed by atoms with E-state index in [1.54, 1.807) is 0 Å². The van der Waals surface area contributed by atoms with Gasteiger partial charge >= 0.3 is 0 Å². The topological polar surface area (TPSA) is 32.0 Å². The summed E-state index contributed by atoms with van der Waals surface area (Å²) in [5.41, 5.74) is 4.84. The summed E-state index contributed by atoms with van der Waals surface area (Å²) < 4.78 is 10.3. The van der Waals surface area contributed by atoms with E-state index in [-0.39, 0.29) is 6.23 Å². The highest BCUT2D eigenvalue weighted by Gasteiger charge is 2.31. The molecule has 1 aromatic carbocycles. The molecule has 3 aromatic rings. The fourth-order valence-corrected chi connectivity index (χ4v) is 5.15. The van der Waals surface area contributed by atoms with Crippen LogP contribution in [0.2, 0.25) is 10.0 Å². The number of rotatable bonds is 3. The molecular weight excluding hydrogens is 381 g/mol. The number of fused-ring (bicyclic) bond motifs is 3. The van der Waals surface area contributed by atoms with Crippen molar-refractivity contribution in [3.63, 3.8) is 0 Å². The first-order valence-corrected chi connectivity index (χ1v) is 10.6. The highest BCUT2D eigenvalue weighted by molar-refractivity contribution is 6.45. The number of aromatic nitrogens is 3. The first kappa shape index (κ1) is 17.6. The summed E-state index contributed by atoms with van der Waals surface area (Å²) in [4.78, 5) is 0. The third kappa shape index (κ3) is 2.72. The van der Waals surface area contributed by atoms with Crippen molar-refractivity contribution in [3.8, 4) is 11.1 Å². The fraction of sp³-hybridized carbons (Fsp3) is 0.476. The Morgan fingerprint density at radius 1 is 1.22 bits per heavy atom. The molecule has 27 heavy (non-hydrogen) atoms. The quantitative estimate of drug-likeness (QED) is 0.505. The molecule has 0 bridgehead atoms. The fourth-order valence-electron chi connectivity index (χ4n) is 4.74. The Kier molecular flexibility index (Phi) is 4.46. The van der Waals surface area contributed by atoms with Gasteiger partial charge in [0.15, 0.2) is 0 Å². The van der Waals surface area contributed by atoms with Gasteiger partial charge in [-0.15, -0.1) is 0 Å². The summed E-state index contributed by atoms with van der Waals surface area (Å²) in [7, 11) is 0. The second-order valence-electron chi connectivity index (χ2n) is 7.59. The van der Waals surface area contributed by atoms with Crippen LogP contribution in [0.4, 0.5) is 0 Å². The van der Waals surface area contributed by atoms with Crippen molar-refractivity contribution < 1.29 is 4.74 Å². The Morgan fingerprint density at radius 3 is 2.89 bits per heavy atom. The maximum atomic E-state index is 6.63. The lowest BCUT2D eigenvalue weighted by atomic mass is 9.94. The summed E-state index contributed by atoms with van der Waals surface area (Å²) >= 11 is 13.0. The molecule has 4 nitrogen and oxygen atoms in total. The SMILES string of the molecule is CCC1CCn2c1c(-c1cnn(C3CCCCO3)c1)c1ccc(Cl)c(Cl)c12. The van der Waals surface area contributed by atoms with E-state index in [1.807, 2.05) is 16.9 Å². The average molecular weight is 404 g/mol. The lowest BCUT2D eigenvalue weighted by Gasteiger charge is -2.22. The summed E-state index contributed by atoms with van der Waals surface area (Å²) in [6.45, 7) is 4.07. The van der Waals surface area contributed by atoms with Gasteiger partial charge < -0.3 is 9.30 Å². The first-order valence-electron chi connectivity index (χ1n) is 9.85. The summed E-state index contributed by atoms with van der Waals surface area (Å²) in [6.07, 6.45) is 9.78. The number of ether oxygens (including phenoxy) is 1. The van der Waals surface area contributed by atoms with Crippen molar-refractivity contribution in [2.75, 3.05) is 6.61 Å². The third-order valence-corrected chi connectivity index (χ3v) is 6.87. The summed E-state index contributed by atoms with van der Waals surface area (Å²) in [6, 6.07) is 4.01. The minimum Gasteiger partial charge on any atom is -0.357 e. The van der Waals surface area contributed by atoms with Gasteiger partial charge in [-0.25, -0.2) is 4.68 Å². The minimum atomic E-state index is 0.0504. The number of hydrogen-bond donors (Lipinski definition) is 0. The monoisotopic (exact) mass is 403 g/mol. The van der Waals surface area contributed by atoms with Crippen molar-refractivity contribution in [2.24, 2.45) is 0 Å². The molecule has 2 aliphatic rings. The van der Waals surface area contributed by atoms with Gasteiger partial charge in [0.2, 0.25) is 0 Å². The molecule has 6 heteroatoms. The predicted molar refractivity (Wildman–Crippen MR) is 110 cm³/mol. The van der Waals surface area contributed by atoms with E-state index < -0.39 is 0 Å². The molecule has 2 aliphatic heterocycles. The van der Waals surface area contributed by atoms with Crippen LogP contribution < -0.4 is 0 Å². The predicted octanol–water partition coefficient (Wildman–Crippen LogP) is 6.41. The van der Waals surface area contributed by atoms with E-state index in [0.717, 1.165) is 49.9 Å². The zero-order chi connectivity index (χ0) is 18.5. The van der Waals surface area contributed by atoms with Crippen LogP contribution in [0.1, 0.15) is 56.9 Å². The minimum absolute atomic E-state index is 0.0504. The molecule has 142 valence electrons. The second kappa shape index (κ2) is 6.84. The molecule has 1 saturated heterocycles. The number of halogens is 2. The van der Waals surface area contributed by atoms with Crippen molar-refractivity contribution in [3.05, 3.63) is 40.3 Å². The Balaban J connectivity index is 1.69. The summed E-state index contributed by atoms with van der Waals surface area (Å²) in [5, 5.41) is 7.08. The van der Waals surface area contributed by atoms with Gasteiger partial charge in [0, 0.05) is 47.5 Å². The van der Waals surface area contributed by atoms with Gasteiger partial charge in [0.25, 0.3) is 0 Å². The zero-order valence-electron chi connectivity index (χ0n) is 15.4. The maximum Gasteiger partial charge on any atom is 0.150 e. The molecule has 0 spiro atoms. The van der Waals surface area contributed by atoms with Gasteiger partial charge in [-0.05, 0) is 38.2 Å². The molecule has 0 radical (unpaired) electrons. The normalized spacial score (nSPS) is 22.5.